The van der Waals surface area contributed by atoms with Crippen LogP contribution in [0.3, 0.4) is 0 Å². The minimum absolute atomic E-state index is 0.397. The van der Waals surface area contributed by atoms with Crippen molar-refractivity contribution in [3.63, 3.8) is 0 Å². The zero-order valence-corrected chi connectivity index (χ0v) is 7.53. The topological polar surface area (TPSA) is 35.5 Å². The maximum Gasteiger partial charge on any atom is 0.298 e. The highest BCUT2D eigenvalue weighted by molar-refractivity contribution is 5.50. The van der Waals surface area contributed by atoms with Gasteiger partial charge in [0, 0.05) is 0 Å². The maximum absolute atomic E-state index is 10.1. The molecule has 0 aliphatic carbocycles. The van der Waals surface area contributed by atoms with E-state index in [1.807, 2.05) is 13.0 Å². The van der Waals surface area contributed by atoms with Crippen molar-refractivity contribution in [1.82, 2.24) is 0 Å². The van der Waals surface area contributed by atoms with Crippen LogP contribution in [-0.2, 0) is 4.79 Å². The predicted molar refractivity (Wildman–Crippen MR) is 48.9 cm³/mol. The second kappa shape index (κ2) is 5.19. The van der Waals surface area contributed by atoms with E-state index in [0.717, 1.165) is 6.42 Å². The summed E-state index contributed by atoms with van der Waals surface area (Å²) in [5.41, 5.74) is 0. The average Bonchev–Trinajstić information content (AvgIpc) is 2.17. The normalized spacial score (nSPS) is 9.31. The molecule has 0 saturated heterocycles. The summed E-state index contributed by atoms with van der Waals surface area (Å²) in [5, 5.41) is 0. The van der Waals surface area contributed by atoms with Crippen LogP contribution < -0.4 is 9.47 Å². The number of hydrogen-bond donors (Lipinski definition) is 0. The Labute approximate surface area is 77.3 Å². The van der Waals surface area contributed by atoms with Gasteiger partial charge in [-0.1, -0.05) is 19.1 Å². The average molecular weight is 180 g/mol. The van der Waals surface area contributed by atoms with Crippen molar-refractivity contribution in [2.75, 3.05) is 6.61 Å². The van der Waals surface area contributed by atoms with Gasteiger partial charge in [-0.3, -0.25) is 4.79 Å². The van der Waals surface area contributed by atoms with Crippen LogP contribution in [0.4, 0.5) is 0 Å². The summed E-state index contributed by atoms with van der Waals surface area (Å²) in [5.74, 6) is 1.07. The smallest absolute Gasteiger partial charge is 0.298 e. The molecule has 0 radical (unpaired) electrons. The summed E-state index contributed by atoms with van der Waals surface area (Å²) in [7, 11) is 0. The van der Waals surface area contributed by atoms with Gasteiger partial charge in [0.1, 0.15) is 0 Å². The summed E-state index contributed by atoms with van der Waals surface area (Å²) in [6.45, 7) is 3.04. The van der Waals surface area contributed by atoms with Crippen LogP contribution in [0, 0.1) is 0 Å². The van der Waals surface area contributed by atoms with Crippen molar-refractivity contribution in [3.05, 3.63) is 24.3 Å². The molecule has 0 amide bonds. The summed E-state index contributed by atoms with van der Waals surface area (Å²) >= 11 is 0. The first kappa shape index (κ1) is 9.58. The van der Waals surface area contributed by atoms with Crippen molar-refractivity contribution in [3.8, 4) is 11.5 Å². The van der Waals surface area contributed by atoms with E-state index in [2.05, 4.69) is 0 Å². The van der Waals surface area contributed by atoms with E-state index in [0.29, 0.717) is 24.6 Å². The van der Waals surface area contributed by atoms with Gasteiger partial charge >= 0.3 is 0 Å². The second-order valence-corrected chi connectivity index (χ2v) is 2.51. The maximum atomic E-state index is 10.1. The zero-order valence-electron chi connectivity index (χ0n) is 7.53. The van der Waals surface area contributed by atoms with Gasteiger partial charge in [-0.05, 0) is 18.6 Å². The molecule has 0 aliphatic heterocycles. The lowest BCUT2D eigenvalue weighted by Crippen LogP contribution is -1.98. The highest BCUT2D eigenvalue weighted by Crippen LogP contribution is 2.25. The Hall–Kier alpha value is -1.51. The lowest BCUT2D eigenvalue weighted by molar-refractivity contribution is -0.120. The van der Waals surface area contributed by atoms with E-state index < -0.39 is 0 Å². The Morgan fingerprint density at radius 1 is 1.31 bits per heavy atom. The molecule has 0 fully saturated rings. The number of ether oxygens (including phenoxy) is 2. The molecule has 3 heteroatoms. The molecular weight excluding hydrogens is 168 g/mol. The first-order chi connectivity index (χ1) is 6.38. The van der Waals surface area contributed by atoms with Crippen molar-refractivity contribution in [2.45, 2.75) is 13.3 Å². The lowest BCUT2D eigenvalue weighted by atomic mass is 10.3. The minimum Gasteiger partial charge on any atom is -0.490 e. The Kier molecular flexibility index (Phi) is 3.82. The standard InChI is InChI=1S/C10H12O3/c1-2-7-12-9-5-3-4-6-10(9)13-8-11/h3-6,8H,2,7H2,1H3. The second-order valence-electron chi connectivity index (χ2n) is 2.51. The zero-order chi connectivity index (χ0) is 9.52. The molecule has 1 aromatic rings. The molecule has 70 valence electrons. The monoisotopic (exact) mass is 180 g/mol. The van der Waals surface area contributed by atoms with E-state index in [4.69, 9.17) is 9.47 Å². The number of carbonyl (C=O) groups is 1. The van der Waals surface area contributed by atoms with Crippen LogP contribution in [0.2, 0.25) is 0 Å². The third-order valence-electron chi connectivity index (χ3n) is 1.49. The Morgan fingerprint density at radius 3 is 2.62 bits per heavy atom. The van der Waals surface area contributed by atoms with E-state index in [9.17, 15) is 4.79 Å². The fourth-order valence-corrected chi connectivity index (χ4v) is 0.931. The molecule has 0 aliphatic rings. The minimum atomic E-state index is 0.397. The fourth-order valence-electron chi connectivity index (χ4n) is 0.931. The van der Waals surface area contributed by atoms with Gasteiger partial charge in [0.25, 0.3) is 6.47 Å². The highest BCUT2D eigenvalue weighted by atomic mass is 16.5. The van der Waals surface area contributed by atoms with Crippen LogP contribution in [0.15, 0.2) is 24.3 Å². The quantitative estimate of drug-likeness (QED) is 0.650. The molecule has 0 saturated carbocycles. The van der Waals surface area contributed by atoms with Crippen molar-refractivity contribution >= 4 is 6.47 Å². The fraction of sp³-hybridized carbons (Fsp3) is 0.300. The molecule has 0 aromatic heterocycles. The van der Waals surface area contributed by atoms with Crippen molar-refractivity contribution in [2.24, 2.45) is 0 Å². The molecule has 3 nitrogen and oxygen atoms in total. The highest BCUT2D eigenvalue weighted by Gasteiger charge is 2.01. The first-order valence-electron chi connectivity index (χ1n) is 4.20. The van der Waals surface area contributed by atoms with E-state index >= 15 is 0 Å². The summed E-state index contributed by atoms with van der Waals surface area (Å²) in [6.07, 6.45) is 0.926. The van der Waals surface area contributed by atoms with Gasteiger partial charge in [-0.2, -0.15) is 0 Å². The number of carbonyl (C=O) groups excluding carboxylic acids is 1. The van der Waals surface area contributed by atoms with E-state index in [-0.39, 0.29) is 0 Å². The molecule has 0 unspecified atom stereocenters. The molecular formula is C10H12O3. The first-order valence-corrected chi connectivity index (χ1v) is 4.20. The van der Waals surface area contributed by atoms with Gasteiger partial charge in [0.05, 0.1) is 6.61 Å². The number of para-hydroxylation sites is 2. The number of rotatable bonds is 5. The molecule has 1 aromatic carbocycles. The number of benzene rings is 1. The molecule has 0 bridgehead atoms. The van der Waals surface area contributed by atoms with Gasteiger partial charge in [0.15, 0.2) is 11.5 Å². The van der Waals surface area contributed by atoms with Gasteiger partial charge in [-0.15, -0.1) is 0 Å². The molecule has 0 N–H and O–H groups in total. The Balaban J connectivity index is 2.71. The third kappa shape index (κ3) is 2.78. The summed E-state index contributed by atoms with van der Waals surface area (Å²) < 4.78 is 10.1. The molecule has 13 heavy (non-hydrogen) atoms. The Bertz CT molecular complexity index is 271. The van der Waals surface area contributed by atoms with Gasteiger partial charge in [0.2, 0.25) is 0 Å². The summed E-state index contributed by atoms with van der Waals surface area (Å²) in [6, 6.07) is 7.09. The summed E-state index contributed by atoms with van der Waals surface area (Å²) in [4.78, 5) is 10.1. The predicted octanol–water partition coefficient (Wildman–Crippen LogP) is 2.01. The van der Waals surface area contributed by atoms with E-state index in [1.54, 1.807) is 18.2 Å². The molecule has 0 spiro atoms. The van der Waals surface area contributed by atoms with Crippen LogP contribution in [0.5, 0.6) is 11.5 Å². The van der Waals surface area contributed by atoms with Crippen molar-refractivity contribution in [1.29, 1.82) is 0 Å². The molecule has 0 heterocycles. The van der Waals surface area contributed by atoms with E-state index in [1.165, 1.54) is 0 Å². The van der Waals surface area contributed by atoms with Gasteiger partial charge in [-0.25, -0.2) is 0 Å². The van der Waals surface area contributed by atoms with Crippen LogP contribution in [0.1, 0.15) is 13.3 Å². The van der Waals surface area contributed by atoms with Gasteiger partial charge < -0.3 is 9.47 Å². The van der Waals surface area contributed by atoms with Crippen LogP contribution in [0.25, 0.3) is 0 Å². The van der Waals surface area contributed by atoms with Crippen LogP contribution >= 0.6 is 0 Å². The molecule has 0 atom stereocenters. The Morgan fingerprint density at radius 2 is 2.00 bits per heavy atom. The third-order valence-corrected chi connectivity index (χ3v) is 1.49. The molecule has 1 rings (SSSR count). The largest absolute Gasteiger partial charge is 0.490 e. The lowest BCUT2D eigenvalue weighted by Gasteiger charge is -2.07. The van der Waals surface area contributed by atoms with Crippen LogP contribution in [-0.4, -0.2) is 13.1 Å². The number of hydrogen-bond acceptors (Lipinski definition) is 3. The van der Waals surface area contributed by atoms with Crippen molar-refractivity contribution < 1.29 is 14.3 Å². The SMILES string of the molecule is CCCOc1ccccc1OC=O.